The van der Waals surface area contributed by atoms with Gasteiger partial charge in [-0.3, -0.25) is 0 Å². The van der Waals surface area contributed by atoms with Crippen molar-refractivity contribution in [3.8, 4) is 22.3 Å². The van der Waals surface area contributed by atoms with Gasteiger partial charge in [-0.1, -0.05) is 119 Å². The van der Waals surface area contributed by atoms with Crippen molar-refractivity contribution in [1.82, 2.24) is 0 Å². The number of unbranched alkanes of at least 4 members (excludes halogenated alkanes) is 5. The normalized spacial score (nSPS) is 12.9. The SMILES string of the molecule is CCCCCCCCC(CCC)c1c(-c2ccc(C(C)OC)cc2)ccc(C(=O)O)c1-c1ccccc1. The van der Waals surface area contributed by atoms with Crippen molar-refractivity contribution in [2.75, 3.05) is 7.11 Å². The fourth-order valence-corrected chi connectivity index (χ4v) is 5.41. The summed E-state index contributed by atoms with van der Waals surface area (Å²) in [6.07, 6.45) is 10.8. The van der Waals surface area contributed by atoms with Crippen LogP contribution in [0.5, 0.6) is 0 Å². The predicted molar refractivity (Wildman–Crippen MR) is 155 cm³/mol. The van der Waals surface area contributed by atoms with E-state index in [1.807, 2.05) is 43.3 Å². The summed E-state index contributed by atoms with van der Waals surface area (Å²) < 4.78 is 5.51. The van der Waals surface area contributed by atoms with Gasteiger partial charge in [0, 0.05) is 12.7 Å². The Morgan fingerprint density at radius 2 is 1.46 bits per heavy atom. The lowest BCUT2D eigenvalue weighted by Gasteiger charge is -2.26. The number of ether oxygens (including phenoxy) is 1. The second kappa shape index (κ2) is 14.7. The van der Waals surface area contributed by atoms with E-state index in [0.717, 1.165) is 47.1 Å². The average Bonchev–Trinajstić information content (AvgIpc) is 2.93. The van der Waals surface area contributed by atoms with Crippen LogP contribution in [0.25, 0.3) is 22.3 Å². The molecular weight excluding hydrogens is 456 g/mol. The van der Waals surface area contributed by atoms with E-state index in [0.29, 0.717) is 11.5 Å². The second-order valence-corrected chi connectivity index (χ2v) is 10.2. The lowest BCUT2D eigenvalue weighted by molar-refractivity contribution is 0.0697. The van der Waals surface area contributed by atoms with E-state index in [1.54, 1.807) is 13.2 Å². The van der Waals surface area contributed by atoms with E-state index >= 15 is 0 Å². The van der Waals surface area contributed by atoms with Crippen LogP contribution in [-0.4, -0.2) is 18.2 Å². The zero-order valence-electron chi connectivity index (χ0n) is 23.1. The molecule has 0 aliphatic carbocycles. The van der Waals surface area contributed by atoms with Crippen molar-refractivity contribution in [3.63, 3.8) is 0 Å². The Balaban J connectivity index is 2.14. The van der Waals surface area contributed by atoms with Crippen molar-refractivity contribution in [1.29, 1.82) is 0 Å². The zero-order valence-corrected chi connectivity index (χ0v) is 23.1. The lowest BCUT2D eigenvalue weighted by Crippen LogP contribution is -2.09. The Bertz CT molecular complexity index is 1100. The number of carbonyl (C=O) groups is 1. The van der Waals surface area contributed by atoms with Gasteiger partial charge in [0.2, 0.25) is 0 Å². The van der Waals surface area contributed by atoms with Gasteiger partial charge < -0.3 is 9.84 Å². The number of hydrogen-bond acceptors (Lipinski definition) is 2. The Hall–Kier alpha value is -2.91. The average molecular weight is 501 g/mol. The van der Waals surface area contributed by atoms with E-state index in [9.17, 15) is 9.90 Å². The van der Waals surface area contributed by atoms with Crippen molar-refractivity contribution >= 4 is 5.97 Å². The van der Waals surface area contributed by atoms with E-state index in [2.05, 4.69) is 38.1 Å². The van der Waals surface area contributed by atoms with Crippen LogP contribution in [-0.2, 0) is 4.74 Å². The second-order valence-electron chi connectivity index (χ2n) is 10.2. The number of rotatable bonds is 15. The summed E-state index contributed by atoms with van der Waals surface area (Å²) in [5, 5.41) is 10.2. The Labute approximate surface area is 223 Å². The van der Waals surface area contributed by atoms with Crippen molar-refractivity contribution in [2.24, 2.45) is 0 Å². The molecule has 0 spiro atoms. The van der Waals surface area contributed by atoms with Crippen LogP contribution in [0.15, 0.2) is 66.7 Å². The molecule has 3 aromatic rings. The topological polar surface area (TPSA) is 46.5 Å². The first-order valence-corrected chi connectivity index (χ1v) is 14.1. The van der Waals surface area contributed by atoms with Crippen LogP contribution in [0.3, 0.4) is 0 Å². The van der Waals surface area contributed by atoms with Gasteiger partial charge in [0.05, 0.1) is 11.7 Å². The summed E-state index contributed by atoms with van der Waals surface area (Å²) in [4.78, 5) is 12.5. The smallest absolute Gasteiger partial charge is 0.336 e. The molecule has 0 bridgehead atoms. The van der Waals surface area contributed by atoms with Gasteiger partial charge in [0.1, 0.15) is 0 Å². The van der Waals surface area contributed by atoms with Gasteiger partial charge in [-0.15, -0.1) is 0 Å². The van der Waals surface area contributed by atoms with Crippen LogP contribution in [0.2, 0.25) is 0 Å². The molecule has 0 aromatic heterocycles. The molecule has 0 radical (unpaired) electrons. The number of carboxylic acids is 1. The Morgan fingerprint density at radius 1 is 0.784 bits per heavy atom. The molecule has 0 saturated carbocycles. The molecule has 3 aromatic carbocycles. The van der Waals surface area contributed by atoms with Crippen LogP contribution in [0.1, 0.15) is 112 Å². The summed E-state index contributed by atoms with van der Waals surface area (Å²) >= 11 is 0. The number of aromatic carboxylic acids is 1. The van der Waals surface area contributed by atoms with Gasteiger partial charge in [-0.05, 0) is 59.6 Å². The number of carboxylic acid groups (broad SMARTS) is 1. The van der Waals surface area contributed by atoms with Crippen LogP contribution < -0.4 is 0 Å². The van der Waals surface area contributed by atoms with Gasteiger partial charge in [0.25, 0.3) is 0 Å². The van der Waals surface area contributed by atoms with E-state index in [4.69, 9.17) is 4.74 Å². The van der Waals surface area contributed by atoms with Gasteiger partial charge in [0.15, 0.2) is 0 Å². The molecule has 0 aliphatic heterocycles. The van der Waals surface area contributed by atoms with Crippen LogP contribution in [0, 0.1) is 0 Å². The monoisotopic (exact) mass is 500 g/mol. The number of methoxy groups -OCH3 is 1. The molecule has 37 heavy (non-hydrogen) atoms. The van der Waals surface area contributed by atoms with Crippen molar-refractivity contribution in [2.45, 2.75) is 90.6 Å². The molecule has 3 nitrogen and oxygen atoms in total. The molecule has 0 saturated heterocycles. The zero-order chi connectivity index (χ0) is 26.6. The Morgan fingerprint density at radius 3 is 2.08 bits per heavy atom. The Kier molecular flexibility index (Phi) is 11.4. The molecule has 0 heterocycles. The molecule has 2 unspecified atom stereocenters. The molecule has 3 heteroatoms. The minimum atomic E-state index is -0.870. The summed E-state index contributed by atoms with van der Waals surface area (Å²) in [6.45, 7) is 6.54. The highest BCUT2D eigenvalue weighted by molar-refractivity contribution is 5.99. The molecule has 0 aliphatic rings. The first-order valence-electron chi connectivity index (χ1n) is 14.1. The molecule has 3 rings (SSSR count). The van der Waals surface area contributed by atoms with E-state index in [-0.39, 0.29) is 6.10 Å². The maximum atomic E-state index is 12.5. The third-order valence-electron chi connectivity index (χ3n) is 7.53. The van der Waals surface area contributed by atoms with Crippen LogP contribution in [0.4, 0.5) is 0 Å². The fourth-order valence-electron chi connectivity index (χ4n) is 5.41. The highest BCUT2D eigenvalue weighted by Crippen LogP contribution is 2.43. The lowest BCUT2D eigenvalue weighted by atomic mass is 9.78. The standard InChI is InChI=1S/C34H44O3/c1-5-7-8-9-10-12-16-28(15-6-2)32-30(27-21-19-26(20-22-27)25(3)37-4)23-24-31(34(35)36)33(32)29-17-13-11-14-18-29/h11,13-14,17-25,28H,5-10,12,15-16H2,1-4H3,(H,35,36). The quantitative estimate of drug-likeness (QED) is 0.211. The molecule has 1 N–H and O–H groups in total. The summed E-state index contributed by atoms with van der Waals surface area (Å²) in [7, 11) is 1.73. The number of hydrogen-bond donors (Lipinski definition) is 1. The molecule has 198 valence electrons. The fraction of sp³-hybridized carbons (Fsp3) is 0.441. The summed E-state index contributed by atoms with van der Waals surface area (Å²) in [5.74, 6) is -0.566. The highest BCUT2D eigenvalue weighted by Gasteiger charge is 2.25. The number of benzene rings is 3. The molecule has 2 atom stereocenters. The predicted octanol–water partition coefficient (Wildman–Crippen LogP) is 10.1. The molecule has 0 fully saturated rings. The maximum absolute atomic E-state index is 12.5. The molecular formula is C34H44O3. The molecule has 0 amide bonds. The third-order valence-corrected chi connectivity index (χ3v) is 7.53. The first-order chi connectivity index (χ1) is 18.0. The van der Waals surface area contributed by atoms with Crippen molar-refractivity contribution < 1.29 is 14.6 Å². The summed E-state index contributed by atoms with van der Waals surface area (Å²) in [6, 6.07) is 22.5. The van der Waals surface area contributed by atoms with Gasteiger partial charge in [-0.2, -0.15) is 0 Å². The first kappa shape index (κ1) is 28.7. The van der Waals surface area contributed by atoms with Crippen LogP contribution >= 0.6 is 0 Å². The largest absolute Gasteiger partial charge is 0.478 e. The highest BCUT2D eigenvalue weighted by atomic mass is 16.5. The van der Waals surface area contributed by atoms with Gasteiger partial charge >= 0.3 is 5.97 Å². The van der Waals surface area contributed by atoms with E-state index < -0.39 is 5.97 Å². The van der Waals surface area contributed by atoms with Gasteiger partial charge in [-0.25, -0.2) is 4.79 Å². The van der Waals surface area contributed by atoms with Crippen molar-refractivity contribution in [3.05, 3.63) is 83.4 Å². The third kappa shape index (κ3) is 7.55. The minimum absolute atomic E-state index is 0.0309. The van der Waals surface area contributed by atoms with E-state index in [1.165, 1.54) is 44.1 Å². The maximum Gasteiger partial charge on any atom is 0.336 e. The minimum Gasteiger partial charge on any atom is -0.478 e. The summed E-state index contributed by atoms with van der Waals surface area (Å²) in [5.41, 5.74) is 6.84.